The van der Waals surface area contributed by atoms with Crippen molar-refractivity contribution in [1.82, 2.24) is 0 Å². The summed E-state index contributed by atoms with van der Waals surface area (Å²) in [5.74, 6) is 0. The molecule has 0 aromatic heterocycles. The lowest BCUT2D eigenvalue weighted by Crippen LogP contribution is -2.41. The van der Waals surface area contributed by atoms with Gasteiger partial charge in [0.15, 0.2) is 0 Å². The van der Waals surface area contributed by atoms with Crippen molar-refractivity contribution >= 4 is 5.71 Å². The van der Waals surface area contributed by atoms with Gasteiger partial charge in [-0.25, -0.2) is 0 Å². The summed E-state index contributed by atoms with van der Waals surface area (Å²) < 4.78 is 0. The lowest BCUT2D eigenvalue weighted by atomic mass is 9.83. The van der Waals surface area contributed by atoms with Crippen molar-refractivity contribution in [1.29, 1.82) is 5.26 Å². The fourth-order valence-corrected chi connectivity index (χ4v) is 1.32. The Bertz CT molecular complexity index is 219. The highest BCUT2D eigenvalue weighted by atomic mass is 16.6. The summed E-state index contributed by atoms with van der Waals surface area (Å²) in [7, 11) is 1.53. The number of oxime groups is 1. The van der Waals surface area contributed by atoms with Crippen LogP contribution in [0.1, 0.15) is 25.7 Å². The molecule has 0 amide bonds. The van der Waals surface area contributed by atoms with Gasteiger partial charge in [-0.1, -0.05) is 5.16 Å². The van der Waals surface area contributed by atoms with Crippen LogP contribution in [0.25, 0.3) is 0 Å². The summed E-state index contributed by atoms with van der Waals surface area (Å²) in [6, 6.07) is 2.12. The van der Waals surface area contributed by atoms with Gasteiger partial charge in [0.2, 0.25) is 0 Å². The maximum atomic E-state index is 8.72. The van der Waals surface area contributed by atoms with Gasteiger partial charge in [-0.2, -0.15) is 5.26 Å². The lowest BCUT2D eigenvalue weighted by Gasteiger charge is -2.26. The second-order valence-electron chi connectivity index (χ2n) is 3.11. The quantitative estimate of drug-likeness (QED) is 0.587. The van der Waals surface area contributed by atoms with Gasteiger partial charge in [0.25, 0.3) is 0 Å². The Kier molecular flexibility index (Phi) is 2.66. The molecular weight excluding hydrogens is 154 g/mol. The Morgan fingerprint density at radius 3 is 2.58 bits per heavy atom. The minimum Gasteiger partial charge on any atom is -0.399 e. The molecule has 0 heterocycles. The molecule has 0 spiro atoms. The van der Waals surface area contributed by atoms with Gasteiger partial charge in [0, 0.05) is 0 Å². The molecule has 0 radical (unpaired) electrons. The average Bonchev–Trinajstić information content (AvgIpc) is 2.10. The van der Waals surface area contributed by atoms with Crippen LogP contribution in [0.5, 0.6) is 0 Å². The molecule has 4 heteroatoms. The van der Waals surface area contributed by atoms with Gasteiger partial charge in [0.1, 0.15) is 12.6 Å². The molecule has 4 nitrogen and oxygen atoms in total. The Morgan fingerprint density at radius 1 is 1.58 bits per heavy atom. The van der Waals surface area contributed by atoms with Crippen LogP contribution in [-0.4, -0.2) is 18.4 Å². The predicted molar refractivity (Wildman–Crippen MR) is 45.4 cm³/mol. The average molecular weight is 167 g/mol. The monoisotopic (exact) mass is 167 g/mol. The topological polar surface area (TPSA) is 71.4 Å². The zero-order valence-corrected chi connectivity index (χ0v) is 7.21. The largest absolute Gasteiger partial charge is 0.399 e. The molecule has 0 aromatic rings. The van der Waals surface area contributed by atoms with Crippen LogP contribution >= 0.6 is 0 Å². The highest BCUT2D eigenvalue weighted by molar-refractivity contribution is 5.85. The molecule has 0 unspecified atom stereocenters. The van der Waals surface area contributed by atoms with E-state index in [2.05, 4.69) is 16.1 Å². The summed E-state index contributed by atoms with van der Waals surface area (Å²) in [4.78, 5) is 4.65. The second-order valence-corrected chi connectivity index (χ2v) is 3.11. The number of hydrogen-bond acceptors (Lipinski definition) is 4. The van der Waals surface area contributed by atoms with Crippen LogP contribution in [0.3, 0.4) is 0 Å². The summed E-state index contributed by atoms with van der Waals surface area (Å²) in [5.41, 5.74) is 6.14. The summed E-state index contributed by atoms with van der Waals surface area (Å²) >= 11 is 0. The summed E-state index contributed by atoms with van der Waals surface area (Å²) in [6.07, 6.45) is 2.92. The van der Waals surface area contributed by atoms with Crippen LogP contribution < -0.4 is 5.73 Å². The first-order valence-corrected chi connectivity index (χ1v) is 3.99. The fourth-order valence-electron chi connectivity index (χ4n) is 1.32. The van der Waals surface area contributed by atoms with Gasteiger partial charge in [-0.3, -0.25) is 0 Å². The van der Waals surface area contributed by atoms with E-state index in [0.717, 1.165) is 18.6 Å². The van der Waals surface area contributed by atoms with Gasteiger partial charge in [-0.05, 0) is 25.7 Å². The Hall–Kier alpha value is -1.08. The van der Waals surface area contributed by atoms with Crippen molar-refractivity contribution in [3.05, 3.63) is 0 Å². The Labute approximate surface area is 72.0 Å². The van der Waals surface area contributed by atoms with Crippen molar-refractivity contribution in [2.45, 2.75) is 31.2 Å². The van der Waals surface area contributed by atoms with Crippen LogP contribution in [0, 0.1) is 11.3 Å². The van der Waals surface area contributed by atoms with E-state index in [1.54, 1.807) is 0 Å². The molecule has 2 N–H and O–H groups in total. The van der Waals surface area contributed by atoms with E-state index in [1.807, 2.05) is 0 Å². The molecule has 12 heavy (non-hydrogen) atoms. The van der Waals surface area contributed by atoms with Crippen LogP contribution in [0.4, 0.5) is 0 Å². The molecule has 1 saturated carbocycles. The van der Waals surface area contributed by atoms with Crippen molar-refractivity contribution in [2.75, 3.05) is 7.11 Å². The highest BCUT2D eigenvalue weighted by Crippen LogP contribution is 2.23. The number of rotatable bonds is 1. The first-order valence-electron chi connectivity index (χ1n) is 3.99. The van der Waals surface area contributed by atoms with Crippen LogP contribution in [0.2, 0.25) is 0 Å². The maximum absolute atomic E-state index is 8.72. The van der Waals surface area contributed by atoms with Crippen LogP contribution in [-0.2, 0) is 4.84 Å². The first-order chi connectivity index (χ1) is 5.70. The first kappa shape index (κ1) is 9.01. The maximum Gasteiger partial charge on any atom is 0.106 e. The smallest absolute Gasteiger partial charge is 0.106 e. The predicted octanol–water partition coefficient (Wildman–Crippen LogP) is 0.784. The molecule has 0 atom stereocenters. The Morgan fingerprint density at radius 2 is 2.17 bits per heavy atom. The molecule has 0 aromatic carbocycles. The molecule has 0 aliphatic heterocycles. The van der Waals surface area contributed by atoms with Crippen LogP contribution in [0.15, 0.2) is 5.16 Å². The molecule has 1 rings (SSSR count). The molecule has 1 aliphatic carbocycles. The molecule has 0 saturated heterocycles. The normalized spacial score (nSPS) is 29.2. The van der Waals surface area contributed by atoms with Crippen molar-refractivity contribution in [3.63, 3.8) is 0 Å². The molecule has 1 aliphatic rings. The van der Waals surface area contributed by atoms with E-state index >= 15 is 0 Å². The van der Waals surface area contributed by atoms with E-state index in [0.29, 0.717) is 12.8 Å². The van der Waals surface area contributed by atoms with Gasteiger partial charge < -0.3 is 10.6 Å². The number of nitrogens with zero attached hydrogens (tertiary/aromatic N) is 2. The molecule has 0 bridgehead atoms. The third-order valence-electron chi connectivity index (χ3n) is 2.16. The Balaban J connectivity index is 2.51. The molecule has 1 fully saturated rings. The number of hydrogen-bond donors (Lipinski definition) is 1. The zero-order chi connectivity index (χ0) is 9.03. The fraction of sp³-hybridized carbons (Fsp3) is 0.750. The summed E-state index contributed by atoms with van der Waals surface area (Å²) in [5, 5.41) is 12.6. The summed E-state index contributed by atoms with van der Waals surface area (Å²) in [6.45, 7) is 0. The zero-order valence-electron chi connectivity index (χ0n) is 7.21. The number of nitriles is 1. The number of nitrogens with two attached hydrogens (primary N) is 1. The standard InChI is InChI=1S/C8H13N3O/c1-12-11-7-2-4-8(10,6-9)5-3-7/h2-5,10H2,1H3. The molecular formula is C8H13N3O. The van der Waals surface area contributed by atoms with Gasteiger partial charge in [-0.15, -0.1) is 0 Å². The third-order valence-corrected chi connectivity index (χ3v) is 2.16. The van der Waals surface area contributed by atoms with Gasteiger partial charge >= 0.3 is 0 Å². The second kappa shape index (κ2) is 3.55. The molecule has 66 valence electrons. The van der Waals surface area contributed by atoms with E-state index in [9.17, 15) is 0 Å². The van der Waals surface area contributed by atoms with Crippen molar-refractivity contribution in [2.24, 2.45) is 10.9 Å². The lowest BCUT2D eigenvalue weighted by molar-refractivity contribution is 0.210. The highest BCUT2D eigenvalue weighted by Gasteiger charge is 2.29. The third kappa shape index (κ3) is 1.95. The SMILES string of the molecule is CON=C1CCC(N)(C#N)CC1. The van der Waals surface area contributed by atoms with E-state index in [-0.39, 0.29) is 0 Å². The van der Waals surface area contributed by atoms with E-state index < -0.39 is 5.54 Å². The van der Waals surface area contributed by atoms with Gasteiger partial charge in [0.05, 0.1) is 11.8 Å². The van der Waals surface area contributed by atoms with Crippen molar-refractivity contribution in [3.8, 4) is 6.07 Å². The van der Waals surface area contributed by atoms with Crippen molar-refractivity contribution < 1.29 is 4.84 Å². The van der Waals surface area contributed by atoms with E-state index in [4.69, 9.17) is 11.0 Å². The minimum atomic E-state index is -0.632. The van der Waals surface area contributed by atoms with E-state index in [1.165, 1.54) is 7.11 Å². The minimum absolute atomic E-state index is 0.632.